The topological polar surface area (TPSA) is 42.8 Å². The molecule has 0 amide bonds. The van der Waals surface area contributed by atoms with Crippen molar-refractivity contribution in [1.29, 1.82) is 5.26 Å². The highest BCUT2D eigenvalue weighted by Crippen LogP contribution is 2.40. The van der Waals surface area contributed by atoms with Gasteiger partial charge in [0.05, 0.1) is 18.0 Å². The molecule has 0 saturated heterocycles. The maximum atomic E-state index is 9.39. The summed E-state index contributed by atoms with van der Waals surface area (Å²) in [6.45, 7) is 2.00. The predicted octanol–water partition coefficient (Wildman–Crippen LogP) is 2.78. The molecule has 0 radical (unpaired) electrons. The zero-order valence-corrected chi connectivity index (χ0v) is 10.6. The van der Waals surface area contributed by atoms with E-state index >= 15 is 0 Å². The highest BCUT2D eigenvalue weighted by Gasteiger charge is 2.36. The highest BCUT2D eigenvalue weighted by molar-refractivity contribution is 5.85. The summed E-state index contributed by atoms with van der Waals surface area (Å²) in [5.74, 6) is -0.0409. The fraction of sp³-hybridized carbons (Fsp3) is 0.312. The minimum atomic E-state index is -0.0409. The van der Waals surface area contributed by atoms with Gasteiger partial charge in [-0.2, -0.15) is 5.26 Å². The lowest BCUT2D eigenvalue weighted by atomic mass is 9.87. The monoisotopic (exact) mass is 249 g/mol. The summed E-state index contributed by atoms with van der Waals surface area (Å²) in [5.41, 5.74) is 3.86. The molecule has 0 fully saturated rings. The number of fused-ring (bicyclic) bond motifs is 5. The van der Waals surface area contributed by atoms with Crippen molar-refractivity contribution in [3.63, 3.8) is 0 Å². The standard InChI is InChI=1S/C16H15N3/c17-10-11-4-3-8-19-9-7-13-12-5-1-2-6-14(12)18-15(13)16(11)19/h1-6,11,16,18H,7-9H2. The Bertz CT molecular complexity index is 704. The summed E-state index contributed by atoms with van der Waals surface area (Å²) >= 11 is 0. The van der Waals surface area contributed by atoms with Crippen molar-refractivity contribution < 1.29 is 0 Å². The highest BCUT2D eigenvalue weighted by atomic mass is 15.2. The molecular formula is C16H15N3. The van der Waals surface area contributed by atoms with E-state index in [9.17, 15) is 5.26 Å². The molecule has 1 aromatic heterocycles. The van der Waals surface area contributed by atoms with Crippen molar-refractivity contribution in [3.8, 4) is 6.07 Å². The number of nitrogens with zero attached hydrogens (tertiary/aromatic N) is 2. The molecule has 94 valence electrons. The first-order valence-corrected chi connectivity index (χ1v) is 6.78. The van der Waals surface area contributed by atoms with E-state index in [1.165, 1.54) is 22.2 Å². The van der Waals surface area contributed by atoms with E-state index in [4.69, 9.17) is 0 Å². The first kappa shape index (κ1) is 10.8. The van der Waals surface area contributed by atoms with E-state index in [2.05, 4.69) is 52.4 Å². The summed E-state index contributed by atoms with van der Waals surface area (Å²) in [6.07, 6.45) is 5.25. The van der Waals surface area contributed by atoms with Crippen molar-refractivity contribution in [3.05, 3.63) is 47.7 Å². The van der Waals surface area contributed by atoms with Crippen LogP contribution in [0.2, 0.25) is 0 Å². The van der Waals surface area contributed by atoms with Gasteiger partial charge in [-0.05, 0) is 18.1 Å². The molecule has 0 bridgehead atoms. The molecule has 2 aromatic rings. The number of benzene rings is 1. The smallest absolute Gasteiger partial charge is 0.0855 e. The number of rotatable bonds is 0. The van der Waals surface area contributed by atoms with Gasteiger partial charge in [-0.15, -0.1) is 0 Å². The summed E-state index contributed by atoms with van der Waals surface area (Å²) in [7, 11) is 0. The second-order valence-electron chi connectivity index (χ2n) is 5.34. The lowest BCUT2D eigenvalue weighted by Gasteiger charge is -2.39. The number of H-pyrrole nitrogens is 1. The number of aromatic nitrogens is 1. The van der Waals surface area contributed by atoms with Crippen molar-refractivity contribution in [1.82, 2.24) is 9.88 Å². The van der Waals surface area contributed by atoms with Crippen LogP contribution in [-0.2, 0) is 6.42 Å². The third kappa shape index (κ3) is 1.47. The second-order valence-corrected chi connectivity index (χ2v) is 5.34. The number of hydrogen-bond acceptors (Lipinski definition) is 2. The van der Waals surface area contributed by atoms with E-state index in [1.807, 2.05) is 0 Å². The van der Waals surface area contributed by atoms with Crippen LogP contribution in [0.3, 0.4) is 0 Å². The maximum Gasteiger partial charge on any atom is 0.0855 e. The fourth-order valence-corrected chi connectivity index (χ4v) is 3.49. The fourth-order valence-electron chi connectivity index (χ4n) is 3.49. The van der Waals surface area contributed by atoms with Crippen molar-refractivity contribution in [2.45, 2.75) is 12.5 Å². The Morgan fingerprint density at radius 2 is 2.21 bits per heavy atom. The average Bonchev–Trinajstić information content (AvgIpc) is 2.85. The Labute approximate surface area is 112 Å². The van der Waals surface area contributed by atoms with Gasteiger partial charge in [0.25, 0.3) is 0 Å². The number of para-hydroxylation sites is 1. The third-order valence-electron chi connectivity index (χ3n) is 4.36. The zero-order valence-electron chi connectivity index (χ0n) is 10.6. The molecule has 1 N–H and O–H groups in total. The molecule has 3 heteroatoms. The number of nitrogens with one attached hydrogen (secondary N) is 1. The quantitative estimate of drug-likeness (QED) is 0.729. The lowest BCUT2D eigenvalue weighted by Crippen LogP contribution is -2.40. The first-order valence-electron chi connectivity index (χ1n) is 6.78. The summed E-state index contributed by atoms with van der Waals surface area (Å²) in [5, 5.41) is 10.7. The van der Waals surface area contributed by atoms with Crippen molar-refractivity contribution >= 4 is 10.9 Å². The predicted molar refractivity (Wildman–Crippen MR) is 74.6 cm³/mol. The van der Waals surface area contributed by atoms with Gasteiger partial charge in [-0.1, -0.05) is 30.4 Å². The molecule has 0 saturated carbocycles. The minimum Gasteiger partial charge on any atom is -0.357 e. The Kier molecular flexibility index (Phi) is 2.27. The van der Waals surface area contributed by atoms with Gasteiger partial charge in [0, 0.05) is 29.7 Å². The number of aromatic amines is 1. The molecule has 4 rings (SSSR count). The van der Waals surface area contributed by atoms with Crippen molar-refractivity contribution in [2.24, 2.45) is 5.92 Å². The van der Waals surface area contributed by atoms with Crippen LogP contribution in [0.5, 0.6) is 0 Å². The Morgan fingerprint density at radius 3 is 3.11 bits per heavy atom. The summed E-state index contributed by atoms with van der Waals surface area (Å²) < 4.78 is 0. The van der Waals surface area contributed by atoms with Gasteiger partial charge < -0.3 is 4.98 Å². The summed E-state index contributed by atoms with van der Waals surface area (Å²) in [4.78, 5) is 5.96. The Morgan fingerprint density at radius 1 is 1.32 bits per heavy atom. The van der Waals surface area contributed by atoms with Crippen LogP contribution in [-0.4, -0.2) is 23.0 Å². The normalized spacial score (nSPS) is 25.8. The van der Waals surface area contributed by atoms with Crippen LogP contribution in [0.1, 0.15) is 17.3 Å². The molecule has 19 heavy (non-hydrogen) atoms. The molecular weight excluding hydrogens is 234 g/mol. The van der Waals surface area contributed by atoms with Gasteiger partial charge in [0.1, 0.15) is 0 Å². The van der Waals surface area contributed by atoms with E-state index in [0.717, 1.165) is 19.5 Å². The van der Waals surface area contributed by atoms with Gasteiger partial charge >= 0.3 is 0 Å². The van der Waals surface area contributed by atoms with Gasteiger partial charge in [0.15, 0.2) is 0 Å². The van der Waals surface area contributed by atoms with Gasteiger partial charge in [-0.25, -0.2) is 0 Å². The molecule has 2 aliphatic heterocycles. The van der Waals surface area contributed by atoms with Gasteiger partial charge in [-0.3, -0.25) is 4.90 Å². The Balaban J connectivity index is 1.93. The van der Waals surface area contributed by atoms with Crippen LogP contribution in [0, 0.1) is 17.2 Å². The maximum absolute atomic E-state index is 9.39. The molecule has 2 atom stereocenters. The van der Waals surface area contributed by atoms with Crippen LogP contribution in [0.15, 0.2) is 36.4 Å². The molecule has 3 nitrogen and oxygen atoms in total. The molecule has 0 aliphatic carbocycles. The first-order chi connectivity index (χ1) is 9.38. The van der Waals surface area contributed by atoms with E-state index in [-0.39, 0.29) is 12.0 Å². The number of nitriles is 1. The van der Waals surface area contributed by atoms with E-state index in [0.29, 0.717) is 0 Å². The van der Waals surface area contributed by atoms with Crippen molar-refractivity contribution in [2.75, 3.05) is 13.1 Å². The Hall–Kier alpha value is -2.05. The van der Waals surface area contributed by atoms with E-state index in [1.54, 1.807) is 0 Å². The second kappa shape index (κ2) is 3.97. The average molecular weight is 249 g/mol. The molecule has 2 unspecified atom stereocenters. The molecule has 0 spiro atoms. The SMILES string of the molecule is N#CC1C=CCN2CCc3c([nH]c4ccccc34)C12. The van der Waals surface area contributed by atoms with Crippen LogP contribution in [0.25, 0.3) is 10.9 Å². The zero-order chi connectivity index (χ0) is 12.8. The largest absolute Gasteiger partial charge is 0.357 e. The third-order valence-corrected chi connectivity index (χ3v) is 4.36. The lowest BCUT2D eigenvalue weighted by molar-refractivity contribution is 0.171. The van der Waals surface area contributed by atoms with E-state index < -0.39 is 0 Å². The number of hydrogen-bond donors (Lipinski definition) is 1. The minimum absolute atomic E-state index is 0.0409. The molecule has 2 aliphatic rings. The molecule has 1 aromatic carbocycles. The van der Waals surface area contributed by atoms with Gasteiger partial charge in [0.2, 0.25) is 0 Å². The van der Waals surface area contributed by atoms with Crippen LogP contribution in [0.4, 0.5) is 0 Å². The summed E-state index contributed by atoms with van der Waals surface area (Å²) in [6, 6.07) is 11.1. The van der Waals surface area contributed by atoms with Crippen LogP contribution < -0.4 is 0 Å². The van der Waals surface area contributed by atoms with Crippen LogP contribution >= 0.6 is 0 Å². The molecule has 3 heterocycles.